The molecule has 0 aromatic heterocycles. The van der Waals surface area contributed by atoms with Crippen LogP contribution in [0.1, 0.15) is 47.1 Å². The summed E-state index contributed by atoms with van der Waals surface area (Å²) in [5, 5.41) is 0. The number of anilines is 1. The Hall–Kier alpha value is -1.66. The molecule has 0 saturated carbocycles. The van der Waals surface area contributed by atoms with Crippen LogP contribution in [0.25, 0.3) is 5.57 Å². The smallest absolute Gasteiger partial charge is 0.398 e. The zero-order valence-electron chi connectivity index (χ0n) is 15.0. The molecule has 0 N–H and O–H groups in total. The van der Waals surface area contributed by atoms with Crippen LogP contribution in [0, 0.1) is 0 Å². The number of benzene rings is 1. The summed E-state index contributed by atoms with van der Waals surface area (Å²) in [5.74, 6) is -0.349. The van der Waals surface area contributed by atoms with Crippen molar-refractivity contribution in [2.75, 3.05) is 4.90 Å². The van der Waals surface area contributed by atoms with Crippen molar-refractivity contribution in [1.82, 2.24) is 0 Å². The van der Waals surface area contributed by atoms with Gasteiger partial charge in [-0.3, -0.25) is 4.79 Å². The summed E-state index contributed by atoms with van der Waals surface area (Å²) in [7, 11) is -1.17. The zero-order chi connectivity index (χ0) is 17.9. The van der Waals surface area contributed by atoms with E-state index in [4.69, 9.17) is 9.31 Å². The number of carbonyl (C=O) groups is 1. The molecule has 3 rings (SSSR count). The highest BCUT2D eigenvalue weighted by Crippen LogP contribution is 2.44. The molecule has 1 amide bonds. The summed E-state index contributed by atoms with van der Waals surface area (Å²) in [6.45, 7) is 11.2. The van der Waals surface area contributed by atoms with Crippen LogP contribution >= 0.6 is 0 Å². The quantitative estimate of drug-likeness (QED) is 0.612. The summed E-state index contributed by atoms with van der Waals surface area (Å²) in [6.07, 6.45) is 0. The third-order valence-electron chi connectivity index (χ3n) is 5.08. The minimum Gasteiger partial charge on any atom is -0.398 e. The Labute approximate surface area is 142 Å². The average Bonchev–Trinajstić information content (AvgIpc) is 2.88. The number of para-hydroxylation sites is 1. The Kier molecular flexibility index (Phi) is 3.88. The molecule has 0 spiro atoms. The highest BCUT2D eigenvalue weighted by Gasteiger charge is 2.54. The first-order chi connectivity index (χ1) is 11.1. The Morgan fingerprint density at radius 1 is 1.12 bits per heavy atom. The number of fused-ring (bicyclic) bond motifs is 1. The van der Waals surface area contributed by atoms with E-state index in [1.807, 2.05) is 53.7 Å². The SMILES string of the molecule is CC(C)N1C(=O)C(=C(F)B2OC(C)(C)C(C)(C)O2)c2ccccc21. The molecule has 0 unspecified atom stereocenters. The van der Waals surface area contributed by atoms with Gasteiger partial charge in [-0.15, -0.1) is 0 Å². The highest BCUT2D eigenvalue weighted by atomic mass is 19.1. The lowest BCUT2D eigenvalue weighted by molar-refractivity contribution is -0.113. The van der Waals surface area contributed by atoms with E-state index in [1.165, 1.54) is 0 Å². The maximum absolute atomic E-state index is 15.2. The maximum atomic E-state index is 15.2. The lowest BCUT2D eigenvalue weighted by atomic mass is 9.83. The highest BCUT2D eigenvalue weighted by molar-refractivity contribution is 6.58. The minimum atomic E-state index is -1.17. The van der Waals surface area contributed by atoms with Gasteiger partial charge in [0.25, 0.3) is 5.91 Å². The average molecular weight is 331 g/mol. The third-order valence-corrected chi connectivity index (χ3v) is 5.08. The van der Waals surface area contributed by atoms with Gasteiger partial charge in [0.15, 0.2) is 0 Å². The molecule has 1 fully saturated rings. The van der Waals surface area contributed by atoms with Gasteiger partial charge in [-0.2, -0.15) is 0 Å². The van der Waals surface area contributed by atoms with Crippen molar-refractivity contribution in [2.45, 2.75) is 58.8 Å². The van der Waals surface area contributed by atoms with Crippen molar-refractivity contribution in [3.63, 3.8) is 0 Å². The largest absolute Gasteiger partial charge is 0.526 e. The fourth-order valence-electron chi connectivity index (χ4n) is 3.05. The molecule has 2 aliphatic heterocycles. The topological polar surface area (TPSA) is 38.8 Å². The van der Waals surface area contributed by atoms with Crippen LogP contribution in [0.4, 0.5) is 10.1 Å². The number of hydrogen-bond donors (Lipinski definition) is 0. The van der Waals surface area contributed by atoms with Gasteiger partial charge in [-0.25, -0.2) is 4.39 Å². The van der Waals surface area contributed by atoms with Crippen molar-refractivity contribution in [3.8, 4) is 0 Å². The summed E-state index contributed by atoms with van der Waals surface area (Å²) < 4.78 is 26.8. The van der Waals surface area contributed by atoms with Crippen LogP contribution in [-0.2, 0) is 14.1 Å². The van der Waals surface area contributed by atoms with E-state index in [1.54, 1.807) is 17.0 Å². The number of nitrogens with zero attached hydrogens (tertiary/aromatic N) is 1. The van der Waals surface area contributed by atoms with Crippen molar-refractivity contribution in [1.29, 1.82) is 0 Å². The van der Waals surface area contributed by atoms with Gasteiger partial charge in [0.1, 0.15) is 5.73 Å². The Morgan fingerprint density at radius 2 is 1.67 bits per heavy atom. The molecule has 1 aromatic rings. The number of rotatable bonds is 2. The van der Waals surface area contributed by atoms with Crippen LogP contribution in [0.15, 0.2) is 30.0 Å². The molecule has 0 radical (unpaired) electrons. The predicted octanol–water partition coefficient (Wildman–Crippen LogP) is 3.75. The van der Waals surface area contributed by atoms with E-state index in [9.17, 15) is 4.79 Å². The van der Waals surface area contributed by atoms with Gasteiger partial charge in [0, 0.05) is 11.6 Å². The summed E-state index contributed by atoms with van der Waals surface area (Å²) in [5.41, 5.74) is -0.627. The number of hydrogen-bond acceptors (Lipinski definition) is 3. The Bertz CT molecular complexity index is 711. The summed E-state index contributed by atoms with van der Waals surface area (Å²) in [6, 6.07) is 7.17. The first-order valence-electron chi connectivity index (χ1n) is 8.25. The van der Waals surface area contributed by atoms with Crippen LogP contribution in [-0.4, -0.2) is 30.3 Å². The second-order valence-corrected chi connectivity index (χ2v) is 7.60. The first kappa shape index (κ1) is 17.2. The molecule has 0 aliphatic carbocycles. The summed E-state index contributed by atoms with van der Waals surface area (Å²) >= 11 is 0. The second kappa shape index (κ2) is 5.43. The fraction of sp³-hybridized carbons (Fsp3) is 0.500. The molecular weight excluding hydrogens is 308 g/mol. The zero-order valence-corrected chi connectivity index (χ0v) is 15.0. The molecule has 2 heterocycles. The van der Waals surface area contributed by atoms with Crippen LogP contribution in [0.3, 0.4) is 0 Å². The van der Waals surface area contributed by atoms with Gasteiger partial charge in [0.05, 0.1) is 22.5 Å². The van der Waals surface area contributed by atoms with Crippen LogP contribution < -0.4 is 4.90 Å². The molecule has 0 atom stereocenters. The van der Waals surface area contributed by atoms with Gasteiger partial charge in [-0.1, -0.05) is 18.2 Å². The van der Waals surface area contributed by atoms with Crippen molar-refractivity contribution in [2.24, 2.45) is 0 Å². The molecule has 4 nitrogen and oxygen atoms in total. The van der Waals surface area contributed by atoms with E-state index >= 15 is 4.39 Å². The number of carbonyl (C=O) groups excluding carboxylic acids is 1. The van der Waals surface area contributed by atoms with E-state index < -0.39 is 24.0 Å². The van der Waals surface area contributed by atoms with E-state index in [2.05, 4.69) is 0 Å². The lowest BCUT2D eigenvalue weighted by Crippen LogP contribution is -2.41. The van der Waals surface area contributed by atoms with E-state index in [0.29, 0.717) is 5.56 Å². The predicted molar refractivity (Wildman–Crippen MR) is 93.2 cm³/mol. The normalized spacial score (nSPS) is 23.9. The van der Waals surface area contributed by atoms with Crippen molar-refractivity contribution in [3.05, 3.63) is 35.6 Å². The molecule has 128 valence electrons. The fourth-order valence-corrected chi connectivity index (χ4v) is 3.05. The Balaban J connectivity index is 2.09. The van der Waals surface area contributed by atoms with E-state index in [0.717, 1.165) is 5.69 Å². The lowest BCUT2D eigenvalue weighted by Gasteiger charge is -2.32. The third kappa shape index (κ3) is 2.40. The molecule has 0 bridgehead atoms. The van der Waals surface area contributed by atoms with Crippen molar-refractivity contribution >= 4 is 24.3 Å². The first-order valence-corrected chi connectivity index (χ1v) is 8.25. The molecule has 1 saturated heterocycles. The monoisotopic (exact) mass is 331 g/mol. The molecular formula is C18H23BFNO3. The molecule has 6 heteroatoms. The van der Waals surface area contributed by atoms with Gasteiger partial charge in [0.2, 0.25) is 0 Å². The van der Waals surface area contributed by atoms with Gasteiger partial charge >= 0.3 is 7.12 Å². The van der Waals surface area contributed by atoms with Crippen LogP contribution in [0.5, 0.6) is 0 Å². The van der Waals surface area contributed by atoms with Gasteiger partial charge in [-0.05, 0) is 47.6 Å². The number of amides is 1. The second-order valence-electron chi connectivity index (χ2n) is 7.60. The van der Waals surface area contributed by atoms with Crippen LogP contribution in [0.2, 0.25) is 0 Å². The maximum Gasteiger partial charge on any atom is 0.526 e. The Morgan fingerprint density at radius 3 is 2.21 bits per heavy atom. The van der Waals surface area contributed by atoms with E-state index in [-0.39, 0.29) is 17.5 Å². The molecule has 2 aliphatic rings. The molecule has 24 heavy (non-hydrogen) atoms. The minimum absolute atomic E-state index is 0.0396. The van der Waals surface area contributed by atoms with Gasteiger partial charge < -0.3 is 14.2 Å². The summed E-state index contributed by atoms with van der Waals surface area (Å²) in [4.78, 5) is 14.4. The van der Waals surface area contributed by atoms with Crippen molar-refractivity contribution < 1.29 is 18.5 Å². The molecule has 1 aromatic carbocycles. The number of halogens is 1. The standard InChI is InChI=1S/C18H23BFNO3/c1-11(2)21-13-10-8-7-9-12(13)14(16(21)22)15(20)19-23-17(3,4)18(5,6)24-19/h7-11H,1-6H3.